The summed E-state index contributed by atoms with van der Waals surface area (Å²) in [5, 5.41) is 19.7. The maximum atomic E-state index is 11.9. The molecule has 2 N–H and O–H groups in total. The lowest BCUT2D eigenvalue weighted by Gasteiger charge is -2.12. The highest BCUT2D eigenvalue weighted by atomic mass is 16.6. The number of aliphatic hydroxyl groups excluding tert-OH is 2. The molecule has 0 saturated carbocycles. The quantitative estimate of drug-likeness (QED) is 0.0538. The fraction of sp³-hybridized carbons (Fsp3) is 0.722. The summed E-state index contributed by atoms with van der Waals surface area (Å²) in [6, 6.07) is 0. The predicted octanol–water partition coefficient (Wildman–Crippen LogP) is 8.72. The molecule has 6 heteroatoms. The van der Waals surface area contributed by atoms with Gasteiger partial charge in [0, 0.05) is 12.8 Å². The van der Waals surface area contributed by atoms with E-state index in [0.29, 0.717) is 19.3 Å². The standard InChI is InChI=1S/C36H62O6/c1-4-6-26-33(37)27-22-18-13-11-9-7-8-10-12-14-19-23-28-35(39)41-30-34(38)31-42-36(40)29-24-20-16-15-17-21-25-32(3)5-2/h7-8,11-14,22,27,32-34,37-38H,4-6,9-10,15-21,23-26,28-31H2,1-3H3/b8-7-,13-11-,14-12-,27-22-/t32?,33-,34+/m0/s1. The lowest BCUT2D eigenvalue weighted by molar-refractivity contribution is -0.152. The van der Waals surface area contributed by atoms with Crippen LogP contribution >= 0.6 is 0 Å². The van der Waals surface area contributed by atoms with Gasteiger partial charge in [-0.3, -0.25) is 9.59 Å². The molecule has 0 saturated heterocycles. The van der Waals surface area contributed by atoms with Crippen molar-refractivity contribution < 1.29 is 29.3 Å². The molecule has 6 nitrogen and oxygen atoms in total. The highest BCUT2D eigenvalue weighted by Gasteiger charge is 2.12. The van der Waals surface area contributed by atoms with Crippen LogP contribution in [-0.2, 0) is 19.1 Å². The van der Waals surface area contributed by atoms with Crippen molar-refractivity contribution >= 4 is 11.9 Å². The zero-order valence-electron chi connectivity index (χ0n) is 27.0. The Balaban J connectivity index is 3.64. The summed E-state index contributed by atoms with van der Waals surface area (Å²) in [5.41, 5.74) is 0. The second kappa shape index (κ2) is 30.3. The van der Waals surface area contributed by atoms with Gasteiger partial charge in [-0.15, -0.1) is 0 Å². The van der Waals surface area contributed by atoms with E-state index in [1.54, 1.807) is 0 Å². The smallest absolute Gasteiger partial charge is 0.305 e. The van der Waals surface area contributed by atoms with Crippen LogP contribution in [0, 0.1) is 5.92 Å². The van der Waals surface area contributed by atoms with Gasteiger partial charge < -0.3 is 19.7 Å². The van der Waals surface area contributed by atoms with E-state index in [-0.39, 0.29) is 31.3 Å². The summed E-state index contributed by atoms with van der Waals surface area (Å²) in [5.74, 6) is 0.160. The van der Waals surface area contributed by atoms with Gasteiger partial charge in [-0.2, -0.15) is 0 Å². The van der Waals surface area contributed by atoms with E-state index in [1.807, 2.05) is 12.2 Å². The molecule has 0 radical (unpaired) electrons. The summed E-state index contributed by atoms with van der Waals surface area (Å²) in [4.78, 5) is 23.7. The maximum absolute atomic E-state index is 11.9. The normalized spacial score (nSPS) is 14.3. The first-order valence-corrected chi connectivity index (χ1v) is 16.7. The van der Waals surface area contributed by atoms with E-state index in [0.717, 1.165) is 70.1 Å². The van der Waals surface area contributed by atoms with Crippen molar-refractivity contribution in [3.05, 3.63) is 48.6 Å². The Kier molecular flexibility index (Phi) is 28.7. The number of rotatable bonds is 28. The van der Waals surface area contributed by atoms with Crippen LogP contribution < -0.4 is 0 Å². The minimum atomic E-state index is -0.996. The third kappa shape index (κ3) is 29.3. The molecule has 0 heterocycles. The van der Waals surface area contributed by atoms with Crippen LogP contribution in [0.5, 0.6) is 0 Å². The highest BCUT2D eigenvalue weighted by Crippen LogP contribution is 2.14. The molecule has 0 fully saturated rings. The number of carbonyl (C=O) groups is 2. The third-order valence-corrected chi connectivity index (χ3v) is 7.18. The van der Waals surface area contributed by atoms with Gasteiger partial charge in [0.25, 0.3) is 0 Å². The fourth-order valence-corrected chi connectivity index (χ4v) is 4.19. The molecule has 0 aliphatic rings. The molecule has 0 spiro atoms. The van der Waals surface area contributed by atoms with Gasteiger partial charge in [0.2, 0.25) is 0 Å². The molecular weight excluding hydrogens is 528 g/mol. The van der Waals surface area contributed by atoms with E-state index in [1.165, 1.54) is 32.1 Å². The second-order valence-electron chi connectivity index (χ2n) is 11.3. The number of allylic oxidation sites excluding steroid dienone is 7. The lowest BCUT2D eigenvalue weighted by Crippen LogP contribution is -2.25. The lowest BCUT2D eigenvalue weighted by atomic mass is 10.00. The summed E-state index contributed by atoms with van der Waals surface area (Å²) < 4.78 is 10.2. The second-order valence-corrected chi connectivity index (χ2v) is 11.3. The third-order valence-electron chi connectivity index (χ3n) is 7.18. The average molecular weight is 591 g/mol. The van der Waals surface area contributed by atoms with Crippen molar-refractivity contribution in [2.75, 3.05) is 13.2 Å². The average Bonchev–Trinajstić information content (AvgIpc) is 2.99. The highest BCUT2D eigenvalue weighted by molar-refractivity contribution is 5.69. The summed E-state index contributed by atoms with van der Waals surface area (Å²) in [7, 11) is 0. The van der Waals surface area contributed by atoms with Gasteiger partial charge in [-0.05, 0) is 50.9 Å². The number of hydrogen-bond acceptors (Lipinski definition) is 6. The number of ether oxygens (including phenoxy) is 2. The molecule has 0 aliphatic carbocycles. The molecule has 242 valence electrons. The first kappa shape index (κ1) is 39.8. The summed E-state index contributed by atoms with van der Waals surface area (Å²) in [6.45, 7) is 6.37. The maximum Gasteiger partial charge on any atom is 0.305 e. The van der Waals surface area contributed by atoms with E-state index >= 15 is 0 Å². The van der Waals surface area contributed by atoms with Crippen LogP contribution in [-0.4, -0.2) is 47.6 Å². The molecule has 0 aliphatic heterocycles. The van der Waals surface area contributed by atoms with Gasteiger partial charge in [-0.25, -0.2) is 0 Å². The molecule has 0 aromatic carbocycles. The van der Waals surface area contributed by atoms with E-state index in [2.05, 4.69) is 57.2 Å². The SMILES string of the molecule is CCCC[C@H](O)/C=C\C/C=C\C/C=C\C/C=C\CCCC(=O)OC[C@@H](O)COC(=O)CCCCCCCCC(C)CC. The number of carbonyl (C=O) groups excluding carboxylic acids is 2. The largest absolute Gasteiger partial charge is 0.463 e. The monoisotopic (exact) mass is 590 g/mol. The van der Waals surface area contributed by atoms with Gasteiger partial charge in [0.05, 0.1) is 6.10 Å². The van der Waals surface area contributed by atoms with Crippen LogP contribution in [0.15, 0.2) is 48.6 Å². The van der Waals surface area contributed by atoms with Crippen molar-refractivity contribution in [2.24, 2.45) is 5.92 Å². The van der Waals surface area contributed by atoms with Crippen molar-refractivity contribution in [3.8, 4) is 0 Å². The van der Waals surface area contributed by atoms with E-state index < -0.39 is 6.10 Å². The topological polar surface area (TPSA) is 93.1 Å². The predicted molar refractivity (Wildman–Crippen MR) is 174 cm³/mol. The molecule has 0 amide bonds. The molecule has 3 atom stereocenters. The zero-order chi connectivity index (χ0) is 31.1. The van der Waals surface area contributed by atoms with Gasteiger partial charge in [0.15, 0.2) is 0 Å². The van der Waals surface area contributed by atoms with Crippen molar-refractivity contribution in [3.63, 3.8) is 0 Å². The summed E-state index contributed by atoms with van der Waals surface area (Å²) >= 11 is 0. The van der Waals surface area contributed by atoms with Crippen LogP contribution in [0.3, 0.4) is 0 Å². The Morgan fingerprint density at radius 1 is 0.643 bits per heavy atom. The molecule has 0 rings (SSSR count). The minimum Gasteiger partial charge on any atom is -0.463 e. The van der Waals surface area contributed by atoms with Gasteiger partial charge in [-0.1, -0.05) is 127 Å². The van der Waals surface area contributed by atoms with Crippen LogP contribution in [0.25, 0.3) is 0 Å². The molecule has 42 heavy (non-hydrogen) atoms. The zero-order valence-corrected chi connectivity index (χ0v) is 27.0. The Labute approximate surface area is 257 Å². The van der Waals surface area contributed by atoms with Crippen LogP contribution in [0.4, 0.5) is 0 Å². The molecule has 0 aromatic rings. The number of hydrogen-bond donors (Lipinski definition) is 2. The Bertz CT molecular complexity index is 754. The fourth-order valence-electron chi connectivity index (χ4n) is 4.19. The van der Waals surface area contributed by atoms with Crippen LogP contribution in [0.2, 0.25) is 0 Å². The molecular formula is C36H62O6. The van der Waals surface area contributed by atoms with Crippen LogP contribution in [0.1, 0.15) is 136 Å². The molecule has 0 bridgehead atoms. The Hall–Kier alpha value is -2.18. The van der Waals surface area contributed by atoms with Gasteiger partial charge in [0.1, 0.15) is 19.3 Å². The number of esters is 2. The number of unbranched alkanes of at least 4 members (excludes halogenated alkanes) is 7. The first-order chi connectivity index (χ1) is 20.4. The van der Waals surface area contributed by atoms with Crippen molar-refractivity contribution in [2.45, 2.75) is 149 Å². The molecule has 0 aromatic heterocycles. The molecule has 1 unspecified atom stereocenters. The van der Waals surface area contributed by atoms with E-state index in [4.69, 9.17) is 9.47 Å². The Morgan fingerprint density at radius 3 is 1.76 bits per heavy atom. The number of aliphatic hydroxyl groups is 2. The van der Waals surface area contributed by atoms with E-state index in [9.17, 15) is 19.8 Å². The van der Waals surface area contributed by atoms with Crippen molar-refractivity contribution in [1.29, 1.82) is 0 Å². The van der Waals surface area contributed by atoms with Gasteiger partial charge >= 0.3 is 11.9 Å². The first-order valence-electron chi connectivity index (χ1n) is 16.7. The van der Waals surface area contributed by atoms with Crippen molar-refractivity contribution in [1.82, 2.24) is 0 Å². The Morgan fingerprint density at radius 2 is 1.17 bits per heavy atom. The minimum absolute atomic E-state index is 0.145. The summed E-state index contributed by atoms with van der Waals surface area (Å²) in [6.07, 6.45) is 32.2.